The summed E-state index contributed by atoms with van der Waals surface area (Å²) in [6.07, 6.45) is 7.80. The molecule has 0 unspecified atom stereocenters. The van der Waals surface area contributed by atoms with Crippen molar-refractivity contribution >= 4 is 0 Å². The van der Waals surface area contributed by atoms with E-state index < -0.39 is 0 Å². The van der Waals surface area contributed by atoms with Crippen molar-refractivity contribution in [3.05, 3.63) is 95.6 Å². The molecule has 0 radical (unpaired) electrons. The Morgan fingerprint density at radius 2 is 1.26 bits per heavy atom. The van der Waals surface area contributed by atoms with Crippen molar-refractivity contribution in [2.24, 2.45) is 5.41 Å². The van der Waals surface area contributed by atoms with E-state index in [4.69, 9.17) is 0 Å². The fraction of sp³-hybridized carbons (Fsp3) is 0.238. The molecule has 0 nitrogen and oxygen atoms in total. The number of rotatable bonds is 4. The molecule has 0 aromatic heterocycles. The van der Waals surface area contributed by atoms with Gasteiger partial charge in [0.15, 0.2) is 0 Å². The molecular weight excluding hydrogens is 330 g/mol. The van der Waals surface area contributed by atoms with E-state index in [1.165, 1.54) is 16.7 Å². The molecule has 0 saturated carbocycles. The van der Waals surface area contributed by atoms with Crippen molar-refractivity contribution in [2.75, 3.05) is 0 Å². The van der Waals surface area contributed by atoms with Crippen molar-refractivity contribution in [3.63, 3.8) is 0 Å². The van der Waals surface area contributed by atoms with Crippen molar-refractivity contribution < 1.29 is 103 Å². The van der Waals surface area contributed by atoms with Crippen LogP contribution in [-0.2, 0) is 0 Å². The van der Waals surface area contributed by atoms with Gasteiger partial charge in [0.2, 0.25) is 0 Å². The van der Waals surface area contributed by atoms with E-state index in [-0.39, 0.29) is 108 Å². The zero-order chi connectivity index (χ0) is 14.7. The topological polar surface area (TPSA) is 0 Å². The zero-order valence-corrected chi connectivity index (χ0v) is 21.0. The van der Waals surface area contributed by atoms with Crippen LogP contribution in [0, 0.1) is 5.41 Å². The molecule has 0 fully saturated rings. The molecule has 0 amide bonds. The molecular formula is C21H22K2+2. The quantitative estimate of drug-likeness (QED) is 0.665. The molecule has 23 heavy (non-hydrogen) atoms. The van der Waals surface area contributed by atoms with Crippen LogP contribution < -0.4 is 103 Å². The molecule has 2 heteroatoms. The zero-order valence-electron chi connectivity index (χ0n) is 14.8. The Balaban J connectivity index is 0.00000132. The third-order valence-electron chi connectivity index (χ3n) is 4.59. The van der Waals surface area contributed by atoms with Gasteiger partial charge >= 0.3 is 103 Å². The summed E-state index contributed by atoms with van der Waals surface area (Å²) in [5.74, 6) is 0.381. The fourth-order valence-electron chi connectivity index (χ4n) is 3.43. The Labute approximate surface area is 225 Å². The van der Waals surface area contributed by atoms with Crippen LogP contribution in [0.3, 0.4) is 0 Å². The first-order valence-corrected chi connectivity index (χ1v) is 7.65. The van der Waals surface area contributed by atoms with Crippen LogP contribution in [0.25, 0.3) is 0 Å². The Kier molecular flexibility index (Phi) is 10.0. The van der Waals surface area contributed by atoms with E-state index in [0.29, 0.717) is 5.92 Å². The second kappa shape index (κ2) is 10.4. The summed E-state index contributed by atoms with van der Waals surface area (Å²) < 4.78 is 0. The third kappa shape index (κ3) is 5.33. The molecule has 1 aliphatic rings. The van der Waals surface area contributed by atoms with Gasteiger partial charge in [-0.05, 0) is 23.0 Å². The number of benzene rings is 2. The first-order chi connectivity index (χ1) is 10.2. The number of hydrogen-bond donors (Lipinski definition) is 0. The Morgan fingerprint density at radius 3 is 1.65 bits per heavy atom. The van der Waals surface area contributed by atoms with Gasteiger partial charge in [0.25, 0.3) is 0 Å². The average Bonchev–Trinajstić information content (AvgIpc) is 3.04. The predicted molar refractivity (Wildman–Crippen MR) is 90.3 cm³/mol. The molecule has 0 saturated heterocycles. The third-order valence-corrected chi connectivity index (χ3v) is 4.59. The molecule has 0 aliphatic heterocycles. The van der Waals surface area contributed by atoms with E-state index in [1.807, 2.05) is 0 Å². The van der Waals surface area contributed by atoms with Gasteiger partial charge in [0.1, 0.15) is 0 Å². The molecule has 1 aliphatic carbocycles. The predicted octanol–water partition coefficient (Wildman–Crippen LogP) is -0.261. The largest absolute Gasteiger partial charge is 1.00 e. The monoisotopic (exact) mass is 352 g/mol. The van der Waals surface area contributed by atoms with Crippen LogP contribution in [0.1, 0.15) is 37.3 Å². The summed E-state index contributed by atoms with van der Waals surface area (Å²) in [6.45, 7) is 4.74. The van der Waals surface area contributed by atoms with Crippen LogP contribution in [0.4, 0.5) is 0 Å². The summed E-state index contributed by atoms with van der Waals surface area (Å²) in [5, 5.41) is 0. The van der Waals surface area contributed by atoms with Crippen LogP contribution in [0.15, 0.2) is 84.5 Å². The van der Waals surface area contributed by atoms with Crippen molar-refractivity contribution in [2.45, 2.75) is 26.2 Å². The van der Waals surface area contributed by atoms with E-state index in [0.717, 1.165) is 6.42 Å². The molecule has 2 aromatic rings. The summed E-state index contributed by atoms with van der Waals surface area (Å²) in [6, 6.07) is 21.8. The van der Waals surface area contributed by atoms with Gasteiger partial charge in [0.05, 0.1) is 0 Å². The Bertz CT molecular complexity index is 615. The maximum atomic E-state index is 2.37. The van der Waals surface area contributed by atoms with Crippen molar-refractivity contribution in [1.82, 2.24) is 0 Å². The van der Waals surface area contributed by atoms with Crippen LogP contribution >= 0.6 is 0 Å². The first-order valence-electron chi connectivity index (χ1n) is 7.65. The van der Waals surface area contributed by atoms with Gasteiger partial charge < -0.3 is 0 Å². The minimum atomic E-state index is 0. The maximum Gasteiger partial charge on any atom is 1.00 e. The molecule has 0 N–H and O–H groups in total. The van der Waals surface area contributed by atoms with Crippen LogP contribution in [0.2, 0.25) is 0 Å². The molecule has 2 aromatic carbocycles. The van der Waals surface area contributed by atoms with Crippen LogP contribution in [0.5, 0.6) is 0 Å². The SMILES string of the molecule is CC(C)(C1=CC=CC1)C(c1ccccc1)c1ccccc1.[K+].[K+]. The van der Waals surface area contributed by atoms with E-state index in [9.17, 15) is 0 Å². The van der Waals surface area contributed by atoms with E-state index in [1.54, 1.807) is 0 Å². The number of hydrogen-bond acceptors (Lipinski definition) is 0. The van der Waals surface area contributed by atoms with Gasteiger partial charge in [0, 0.05) is 5.92 Å². The van der Waals surface area contributed by atoms with Gasteiger partial charge in [-0.15, -0.1) is 0 Å². The molecule has 0 heterocycles. The fourth-order valence-corrected chi connectivity index (χ4v) is 3.43. The van der Waals surface area contributed by atoms with Gasteiger partial charge in [-0.25, -0.2) is 0 Å². The molecule has 3 rings (SSSR count). The Morgan fingerprint density at radius 1 is 0.783 bits per heavy atom. The van der Waals surface area contributed by atoms with Crippen LogP contribution in [-0.4, -0.2) is 0 Å². The number of allylic oxidation sites excluding steroid dienone is 4. The van der Waals surface area contributed by atoms with E-state index in [2.05, 4.69) is 92.7 Å². The van der Waals surface area contributed by atoms with Crippen molar-refractivity contribution in [3.8, 4) is 0 Å². The second-order valence-corrected chi connectivity index (χ2v) is 6.30. The standard InChI is InChI=1S/C21H22.2K/c1-21(2,19-15-9-10-16-19)20(17-11-5-3-6-12-17)18-13-7-4-8-14-18;;/h3-15,20H,16H2,1-2H3;;/q;2*+1. The minimum Gasteiger partial charge on any atom is -0.0804 e. The summed E-state index contributed by atoms with van der Waals surface area (Å²) in [4.78, 5) is 0. The molecule has 106 valence electrons. The molecule has 0 bridgehead atoms. The smallest absolute Gasteiger partial charge is 0.0804 e. The van der Waals surface area contributed by atoms with Crippen molar-refractivity contribution in [1.29, 1.82) is 0 Å². The Hall–Kier alpha value is 1.19. The summed E-state index contributed by atoms with van der Waals surface area (Å²) in [5.41, 5.74) is 4.40. The maximum absolute atomic E-state index is 2.37. The van der Waals surface area contributed by atoms with Gasteiger partial charge in [-0.3, -0.25) is 0 Å². The van der Waals surface area contributed by atoms with Gasteiger partial charge in [-0.1, -0.05) is 98.3 Å². The normalized spacial score (nSPS) is 13.3. The van der Waals surface area contributed by atoms with Gasteiger partial charge in [-0.2, -0.15) is 0 Å². The summed E-state index contributed by atoms with van der Waals surface area (Å²) in [7, 11) is 0. The molecule has 0 atom stereocenters. The second-order valence-electron chi connectivity index (χ2n) is 6.30. The average molecular weight is 353 g/mol. The minimum absolute atomic E-state index is 0. The van der Waals surface area contributed by atoms with E-state index >= 15 is 0 Å². The summed E-state index contributed by atoms with van der Waals surface area (Å²) >= 11 is 0. The molecule has 0 spiro atoms. The first kappa shape index (κ1) is 22.2.